The van der Waals surface area contributed by atoms with Gasteiger partial charge in [-0.2, -0.15) is 0 Å². The Labute approximate surface area is 192 Å². The number of aromatic nitrogens is 1. The molecule has 4 nitrogen and oxygen atoms in total. The molecule has 0 aliphatic heterocycles. The SMILES string of the molecule is CCN(CC)CCN(C(=O)CCCSc1ccccc1)c1nc2c(Cl)cccc2s1. The van der Waals surface area contributed by atoms with Gasteiger partial charge >= 0.3 is 0 Å². The lowest BCUT2D eigenvalue weighted by Gasteiger charge is -2.24. The largest absolute Gasteiger partial charge is 0.302 e. The summed E-state index contributed by atoms with van der Waals surface area (Å²) in [6.07, 6.45) is 1.35. The average molecular weight is 462 g/mol. The Morgan fingerprint density at radius 3 is 2.53 bits per heavy atom. The van der Waals surface area contributed by atoms with Crippen molar-refractivity contribution >= 4 is 56.0 Å². The van der Waals surface area contributed by atoms with Crippen LogP contribution in [0.15, 0.2) is 53.4 Å². The van der Waals surface area contributed by atoms with E-state index >= 15 is 0 Å². The molecule has 3 aromatic rings. The molecule has 0 N–H and O–H groups in total. The summed E-state index contributed by atoms with van der Waals surface area (Å²) in [6.45, 7) is 7.71. The van der Waals surface area contributed by atoms with Gasteiger partial charge < -0.3 is 4.90 Å². The van der Waals surface area contributed by atoms with Gasteiger partial charge in [-0.15, -0.1) is 11.8 Å². The monoisotopic (exact) mass is 461 g/mol. The molecule has 0 unspecified atom stereocenters. The van der Waals surface area contributed by atoms with Crippen molar-refractivity contribution in [3.8, 4) is 0 Å². The molecule has 0 bridgehead atoms. The molecule has 1 aromatic heterocycles. The first kappa shape index (κ1) is 23.1. The number of carbonyl (C=O) groups excluding carboxylic acids is 1. The lowest BCUT2D eigenvalue weighted by Crippen LogP contribution is -2.38. The van der Waals surface area contributed by atoms with Gasteiger partial charge in [0.15, 0.2) is 5.13 Å². The molecule has 1 heterocycles. The molecule has 0 radical (unpaired) electrons. The Bertz CT molecular complexity index is 944. The molecule has 160 valence electrons. The zero-order valence-electron chi connectivity index (χ0n) is 17.5. The second-order valence-electron chi connectivity index (χ2n) is 6.92. The minimum Gasteiger partial charge on any atom is -0.302 e. The minimum absolute atomic E-state index is 0.131. The van der Waals surface area contributed by atoms with E-state index in [1.54, 1.807) is 11.8 Å². The van der Waals surface area contributed by atoms with Crippen LogP contribution in [0.1, 0.15) is 26.7 Å². The third-order valence-corrected chi connectivity index (χ3v) is 7.42. The van der Waals surface area contributed by atoms with Crippen molar-refractivity contribution in [3.63, 3.8) is 0 Å². The summed E-state index contributed by atoms with van der Waals surface area (Å²) in [4.78, 5) is 23.3. The quantitative estimate of drug-likeness (QED) is 0.251. The fraction of sp³-hybridized carbons (Fsp3) is 0.391. The van der Waals surface area contributed by atoms with Crippen molar-refractivity contribution in [1.29, 1.82) is 0 Å². The van der Waals surface area contributed by atoms with Gasteiger partial charge in [-0.3, -0.25) is 9.69 Å². The second kappa shape index (κ2) is 11.7. The highest BCUT2D eigenvalue weighted by Crippen LogP contribution is 2.33. The van der Waals surface area contributed by atoms with E-state index in [1.165, 1.54) is 16.2 Å². The number of fused-ring (bicyclic) bond motifs is 1. The molecule has 3 rings (SSSR count). The highest BCUT2D eigenvalue weighted by atomic mass is 35.5. The number of thiazole rings is 1. The van der Waals surface area contributed by atoms with Crippen LogP contribution in [-0.2, 0) is 4.79 Å². The Balaban J connectivity index is 1.67. The number of thioether (sulfide) groups is 1. The van der Waals surface area contributed by atoms with Gasteiger partial charge in [-0.25, -0.2) is 4.98 Å². The lowest BCUT2D eigenvalue weighted by atomic mass is 10.3. The average Bonchev–Trinajstić information content (AvgIpc) is 3.20. The first-order chi connectivity index (χ1) is 14.6. The van der Waals surface area contributed by atoms with Crippen LogP contribution in [0.4, 0.5) is 5.13 Å². The summed E-state index contributed by atoms with van der Waals surface area (Å²) in [5, 5.41) is 1.37. The van der Waals surface area contributed by atoms with E-state index in [9.17, 15) is 4.79 Å². The van der Waals surface area contributed by atoms with Crippen molar-refractivity contribution in [2.24, 2.45) is 0 Å². The van der Waals surface area contributed by atoms with Crippen LogP contribution in [0, 0.1) is 0 Å². The number of hydrogen-bond acceptors (Lipinski definition) is 5. The van der Waals surface area contributed by atoms with Gasteiger partial charge in [0.2, 0.25) is 5.91 Å². The van der Waals surface area contributed by atoms with Crippen molar-refractivity contribution in [2.45, 2.75) is 31.6 Å². The maximum atomic E-state index is 13.1. The molecule has 2 aromatic carbocycles. The molecular formula is C23H28ClN3OS2. The van der Waals surface area contributed by atoms with Crippen LogP contribution in [-0.4, -0.2) is 47.7 Å². The van der Waals surface area contributed by atoms with Crippen LogP contribution >= 0.6 is 34.7 Å². The third-order valence-electron chi connectivity index (χ3n) is 4.97. The minimum atomic E-state index is 0.131. The number of rotatable bonds is 11. The first-order valence-electron chi connectivity index (χ1n) is 10.4. The van der Waals surface area contributed by atoms with E-state index in [1.807, 2.05) is 41.3 Å². The maximum absolute atomic E-state index is 13.1. The topological polar surface area (TPSA) is 36.4 Å². The molecule has 0 fully saturated rings. The number of likely N-dealkylation sites (N-methyl/N-ethyl adjacent to an activating group) is 1. The Kier molecular flexibility index (Phi) is 9.00. The number of hydrogen-bond donors (Lipinski definition) is 0. The van der Waals surface area contributed by atoms with E-state index in [0.717, 1.165) is 47.2 Å². The maximum Gasteiger partial charge on any atom is 0.228 e. The molecular weight excluding hydrogens is 434 g/mol. The Hall–Kier alpha value is -1.60. The molecule has 0 atom stereocenters. The molecule has 0 aliphatic rings. The van der Waals surface area contributed by atoms with E-state index in [0.29, 0.717) is 18.0 Å². The van der Waals surface area contributed by atoms with E-state index in [-0.39, 0.29) is 5.91 Å². The van der Waals surface area contributed by atoms with Crippen LogP contribution in [0.3, 0.4) is 0 Å². The molecule has 30 heavy (non-hydrogen) atoms. The molecule has 7 heteroatoms. The fourth-order valence-corrected chi connectivity index (χ4v) is 5.37. The molecule has 0 saturated carbocycles. The predicted octanol–water partition coefficient (Wildman–Crippen LogP) is 6.20. The van der Waals surface area contributed by atoms with Gasteiger partial charge in [0.1, 0.15) is 5.52 Å². The number of nitrogens with zero attached hydrogens (tertiary/aromatic N) is 3. The summed E-state index contributed by atoms with van der Waals surface area (Å²) in [5.74, 6) is 1.05. The second-order valence-corrected chi connectivity index (χ2v) is 9.50. The summed E-state index contributed by atoms with van der Waals surface area (Å²) in [7, 11) is 0. The Morgan fingerprint density at radius 2 is 1.83 bits per heavy atom. The highest BCUT2D eigenvalue weighted by Gasteiger charge is 2.20. The Morgan fingerprint density at radius 1 is 1.07 bits per heavy atom. The summed E-state index contributed by atoms with van der Waals surface area (Å²) < 4.78 is 1.01. The summed E-state index contributed by atoms with van der Waals surface area (Å²) in [5.41, 5.74) is 0.777. The van der Waals surface area contributed by atoms with Crippen LogP contribution < -0.4 is 4.90 Å². The van der Waals surface area contributed by atoms with Gasteiger partial charge in [0.05, 0.1) is 9.72 Å². The number of amides is 1. The van der Waals surface area contributed by atoms with Gasteiger partial charge in [-0.1, -0.05) is 61.1 Å². The normalized spacial score (nSPS) is 11.3. The number of carbonyl (C=O) groups is 1. The van der Waals surface area contributed by atoms with Crippen LogP contribution in [0.2, 0.25) is 5.02 Å². The van der Waals surface area contributed by atoms with E-state index in [2.05, 4.69) is 30.9 Å². The highest BCUT2D eigenvalue weighted by molar-refractivity contribution is 7.99. The van der Waals surface area contributed by atoms with Crippen LogP contribution in [0.5, 0.6) is 0 Å². The number of benzene rings is 2. The number of anilines is 1. The molecule has 0 saturated heterocycles. The van der Waals surface area contributed by atoms with Crippen molar-refractivity contribution in [1.82, 2.24) is 9.88 Å². The zero-order valence-corrected chi connectivity index (χ0v) is 19.9. The summed E-state index contributed by atoms with van der Waals surface area (Å²) >= 11 is 9.65. The van der Waals surface area contributed by atoms with E-state index in [4.69, 9.17) is 16.6 Å². The van der Waals surface area contributed by atoms with Gasteiger partial charge in [0.25, 0.3) is 0 Å². The van der Waals surface area contributed by atoms with Gasteiger partial charge in [0, 0.05) is 24.4 Å². The van der Waals surface area contributed by atoms with Crippen molar-refractivity contribution < 1.29 is 4.79 Å². The van der Waals surface area contributed by atoms with Crippen molar-refractivity contribution in [3.05, 3.63) is 53.6 Å². The van der Waals surface area contributed by atoms with Gasteiger partial charge in [-0.05, 0) is 49.5 Å². The number of para-hydroxylation sites is 1. The lowest BCUT2D eigenvalue weighted by molar-refractivity contribution is -0.118. The smallest absolute Gasteiger partial charge is 0.228 e. The predicted molar refractivity (Wildman–Crippen MR) is 131 cm³/mol. The molecule has 1 amide bonds. The van der Waals surface area contributed by atoms with Crippen LogP contribution in [0.25, 0.3) is 10.2 Å². The molecule has 0 spiro atoms. The standard InChI is InChI=1S/C23H28ClN3OS2/c1-3-26(4-2)15-16-27(23-25-22-19(24)12-8-13-20(22)30-23)21(28)14-9-17-29-18-10-6-5-7-11-18/h5-8,10-13H,3-4,9,14-17H2,1-2H3. The van der Waals surface area contributed by atoms with Crippen molar-refractivity contribution in [2.75, 3.05) is 36.8 Å². The number of halogens is 1. The first-order valence-corrected chi connectivity index (χ1v) is 12.6. The molecule has 0 aliphatic carbocycles. The third kappa shape index (κ3) is 6.20. The fourth-order valence-electron chi connectivity index (χ4n) is 3.19. The van der Waals surface area contributed by atoms with E-state index < -0.39 is 0 Å². The summed E-state index contributed by atoms with van der Waals surface area (Å²) in [6, 6.07) is 16.1. The zero-order chi connectivity index (χ0) is 21.3.